The van der Waals surface area contributed by atoms with Crippen LogP contribution in [0.4, 0.5) is 24.5 Å². The molecule has 144 valence electrons. The third kappa shape index (κ3) is 5.54. The molecule has 12 heteroatoms. The molecule has 0 radical (unpaired) electrons. The molecule has 27 heavy (non-hydrogen) atoms. The first-order valence-corrected chi connectivity index (χ1v) is 8.26. The van der Waals surface area contributed by atoms with Gasteiger partial charge in [-0.3, -0.25) is 14.9 Å². The van der Waals surface area contributed by atoms with Crippen LogP contribution in [-0.2, 0) is 11.0 Å². The van der Waals surface area contributed by atoms with Gasteiger partial charge < -0.3 is 10.1 Å². The van der Waals surface area contributed by atoms with Gasteiger partial charge in [0.2, 0.25) is 5.91 Å². The largest absolute Gasteiger partial charge is 0.490 e. The number of thioether (sulfide) groups is 1. The first-order chi connectivity index (χ1) is 12.6. The summed E-state index contributed by atoms with van der Waals surface area (Å²) in [6.45, 7) is 1.39. The third-order valence-electron chi connectivity index (χ3n) is 3.12. The number of benzene rings is 1. The van der Waals surface area contributed by atoms with Crippen LogP contribution in [0.5, 0.6) is 5.75 Å². The fourth-order valence-corrected chi connectivity index (χ4v) is 2.69. The minimum Gasteiger partial charge on any atom is -0.490 e. The molecule has 0 spiro atoms. The van der Waals surface area contributed by atoms with Crippen LogP contribution in [0.2, 0.25) is 0 Å². The highest BCUT2D eigenvalue weighted by Crippen LogP contribution is 2.31. The van der Waals surface area contributed by atoms with Gasteiger partial charge in [0.25, 0.3) is 0 Å². The highest BCUT2D eigenvalue weighted by atomic mass is 32.2. The molecular weight excluding hydrogens is 389 g/mol. The maximum absolute atomic E-state index is 12.8. The van der Waals surface area contributed by atoms with Gasteiger partial charge in [0.15, 0.2) is 10.9 Å². The summed E-state index contributed by atoms with van der Waals surface area (Å²) < 4.78 is 43.2. The van der Waals surface area contributed by atoms with E-state index < -0.39 is 22.7 Å². The molecule has 8 nitrogen and oxygen atoms in total. The smallest absolute Gasteiger partial charge is 0.433 e. The van der Waals surface area contributed by atoms with Crippen LogP contribution in [-0.4, -0.2) is 33.7 Å². The zero-order valence-corrected chi connectivity index (χ0v) is 14.8. The van der Waals surface area contributed by atoms with E-state index in [1.165, 1.54) is 32.2 Å². The van der Waals surface area contributed by atoms with Crippen molar-refractivity contribution in [2.75, 3.05) is 18.2 Å². The highest BCUT2D eigenvalue weighted by molar-refractivity contribution is 7.99. The zero-order chi connectivity index (χ0) is 20.2. The number of ether oxygens (including phenoxy) is 1. The first kappa shape index (κ1) is 20.4. The van der Waals surface area contributed by atoms with Crippen LogP contribution in [0.15, 0.2) is 29.4 Å². The fraction of sp³-hybridized carbons (Fsp3) is 0.267. The van der Waals surface area contributed by atoms with E-state index in [0.717, 1.165) is 17.8 Å². The lowest BCUT2D eigenvalue weighted by Crippen LogP contribution is -2.15. The van der Waals surface area contributed by atoms with E-state index in [1.807, 2.05) is 0 Å². The highest BCUT2D eigenvalue weighted by Gasteiger charge is 2.33. The number of nitrogens with zero attached hydrogens (tertiary/aromatic N) is 3. The van der Waals surface area contributed by atoms with Crippen molar-refractivity contribution in [1.82, 2.24) is 9.97 Å². The lowest BCUT2D eigenvalue weighted by molar-refractivity contribution is -0.385. The van der Waals surface area contributed by atoms with Crippen molar-refractivity contribution < 1.29 is 27.6 Å². The summed E-state index contributed by atoms with van der Waals surface area (Å²) in [7, 11) is 1.25. The number of methoxy groups -OCH3 is 1. The molecule has 1 N–H and O–H groups in total. The Hall–Kier alpha value is -2.89. The molecule has 1 aromatic carbocycles. The Bertz CT molecular complexity index is 877. The van der Waals surface area contributed by atoms with Crippen molar-refractivity contribution in [3.05, 3.63) is 45.8 Å². The van der Waals surface area contributed by atoms with Gasteiger partial charge in [0, 0.05) is 23.5 Å². The number of anilines is 1. The Labute approximate surface area is 155 Å². The molecule has 0 bridgehead atoms. The van der Waals surface area contributed by atoms with Crippen molar-refractivity contribution >= 4 is 29.0 Å². The lowest BCUT2D eigenvalue weighted by atomic mass is 10.2. The Morgan fingerprint density at radius 1 is 1.33 bits per heavy atom. The van der Waals surface area contributed by atoms with Gasteiger partial charge >= 0.3 is 11.9 Å². The molecule has 1 amide bonds. The van der Waals surface area contributed by atoms with E-state index in [1.54, 1.807) is 0 Å². The van der Waals surface area contributed by atoms with Crippen molar-refractivity contribution in [2.45, 2.75) is 18.3 Å². The average molecular weight is 402 g/mol. The maximum atomic E-state index is 12.8. The van der Waals surface area contributed by atoms with Gasteiger partial charge in [0.05, 0.1) is 17.8 Å². The van der Waals surface area contributed by atoms with Crippen LogP contribution in [0, 0.1) is 17.0 Å². The van der Waals surface area contributed by atoms with Crippen LogP contribution >= 0.6 is 11.8 Å². The number of nitro benzene ring substituents is 1. The lowest BCUT2D eigenvalue weighted by Gasteiger charge is -2.09. The number of hydrogen-bond acceptors (Lipinski definition) is 7. The Kier molecular flexibility index (Phi) is 6.20. The van der Waals surface area contributed by atoms with Crippen LogP contribution in [0.3, 0.4) is 0 Å². The second-order valence-corrected chi connectivity index (χ2v) is 6.10. The molecule has 2 rings (SSSR count). The number of halogens is 3. The first-order valence-electron chi connectivity index (χ1n) is 7.28. The standard InChI is InChI=1S/C15H13F3N4O4S/c1-8-5-12(15(16,17)18)21-14(19-8)27-7-13(23)20-9-3-4-10(22(24)25)11(6-9)26-2/h3-6H,7H2,1-2H3,(H,20,23). The summed E-state index contributed by atoms with van der Waals surface area (Å²) in [5.41, 5.74) is -0.986. The normalized spacial score (nSPS) is 11.1. The van der Waals surface area contributed by atoms with Gasteiger partial charge in [-0.2, -0.15) is 13.2 Å². The van der Waals surface area contributed by atoms with Gasteiger partial charge in [-0.1, -0.05) is 11.8 Å². The number of hydrogen-bond donors (Lipinski definition) is 1. The zero-order valence-electron chi connectivity index (χ0n) is 14.0. The van der Waals surface area contributed by atoms with Crippen molar-refractivity contribution in [3.8, 4) is 5.75 Å². The number of aromatic nitrogens is 2. The molecule has 0 atom stereocenters. The molecule has 0 saturated carbocycles. The molecule has 0 saturated heterocycles. The van der Waals surface area contributed by atoms with Crippen molar-refractivity contribution in [3.63, 3.8) is 0 Å². The summed E-state index contributed by atoms with van der Waals surface area (Å²) in [5.74, 6) is -0.836. The average Bonchev–Trinajstić information content (AvgIpc) is 2.58. The van der Waals surface area contributed by atoms with Gasteiger partial charge in [0.1, 0.15) is 5.69 Å². The summed E-state index contributed by atoms with van der Waals surface area (Å²) in [6, 6.07) is 4.56. The number of nitrogens with one attached hydrogen (secondary N) is 1. The maximum Gasteiger partial charge on any atom is 0.433 e. The number of aryl methyl sites for hydroxylation is 1. The summed E-state index contributed by atoms with van der Waals surface area (Å²) in [4.78, 5) is 29.5. The number of carbonyl (C=O) groups is 1. The number of alkyl halides is 3. The van der Waals surface area contributed by atoms with Gasteiger partial charge in [-0.15, -0.1) is 0 Å². The molecular formula is C15H13F3N4O4S. The van der Waals surface area contributed by atoms with Crippen molar-refractivity contribution in [1.29, 1.82) is 0 Å². The predicted octanol–water partition coefficient (Wildman–Crippen LogP) is 3.45. The molecule has 1 heterocycles. The Morgan fingerprint density at radius 3 is 2.63 bits per heavy atom. The van der Waals surface area contributed by atoms with Crippen LogP contribution in [0.1, 0.15) is 11.4 Å². The number of amides is 1. The quantitative estimate of drug-likeness (QED) is 0.341. The van der Waals surface area contributed by atoms with Gasteiger partial charge in [-0.05, 0) is 19.1 Å². The molecule has 0 fully saturated rings. The molecule has 2 aromatic rings. The second-order valence-electron chi connectivity index (χ2n) is 5.16. The summed E-state index contributed by atoms with van der Waals surface area (Å²) in [6.07, 6.45) is -4.61. The SMILES string of the molecule is COc1cc(NC(=O)CSc2nc(C)cc(C(F)(F)F)n2)ccc1[N+](=O)[O-]. The number of rotatable bonds is 6. The summed E-state index contributed by atoms with van der Waals surface area (Å²) in [5, 5.41) is 13.1. The Balaban J connectivity index is 2.05. The van der Waals surface area contributed by atoms with Crippen molar-refractivity contribution in [2.24, 2.45) is 0 Å². The minimum absolute atomic E-state index is 0.0395. The van der Waals surface area contributed by atoms with E-state index in [0.29, 0.717) is 0 Å². The monoisotopic (exact) mass is 402 g/mol. The molecule has 0 unspecified atom stereocenters. The van der Waals surface area contributed by atoms with Crippen LogP contribution in [0.25, 0.3) is 0 Å². The number of carbonyl (C=O) groups excluding carboxylic acids is 1. The second kappa shape index (κ2) is 8.20. The third-order valence-corrected chi connectivity index (χ3v) is 3.96. The molecule has 0 aliphatic rings. The van der Waals surface area contributed by atoms with E-state index >= 15 is 0 Å². The van der Waals surface area contributed by atoms with Crippen LogP contribution < -0.4 is 10.1 Å². The van der Waals surface area contributed by atoms with E-state index in [4.69, 9.17) is 4.74 Å². The summed E-state index contributed by atoms with van der Waals surface area (Å²) >= 11 is 0.736. The van der Waals surface area contributed by atoms with E-state index in [2.05, 4.69) is 15.3 Å². The molecule has 0 aliphatic heterocycles. The topological polar surface area (TPSA) is 107 Å². The Morgan fingerprint density at radius 2 is 2.04 bits per heavy atom. The molecule has 0 aliphatic carbocycles. The minimum atomic E-state index is -4.61. The van der Waals surface area contributed by atoms with E-state index in [9.17, 15) is 28.1 Å². The van der Waals surface area contributed by atoms with Gasteiger partial charge in [-0.25, -0.2) is 9.97 Å². The van der Waals surface area contributed by atoms with E-state index in [-0.39, 0.29) is 33.7 Å². The fourth-order valence-electron chi connectivity index (χ4n) is 1.98. The number of nitro groups is 1. The predicted molar refractivity (Wildman–Crippen MR) is 90.8 cm³/mol. The molecule has 1 aromatic heterocycles.